The van der Waals surface area contributed by atoms with Crippen LogP contribution in [-0.2, 0) is 23.8 Å². The zero-order chi connectivity index (χ0) is 10.8. The van der Waals surface area contributed by atoms with Crippen molar-refractivity contribution in [3.63, 3.8) is 0 Å². The lowest BCUT2D eigenvalue weighted by Crippen LogP contribution is -2.43. The van der Waals surface area contributed by atoms with Crippen LogP contribution in [0.4, 0.5) is 0 Å². The van der Waals surface area contributed by atoms with Gasteiger partial charge in [-0.25, -0.2) is 9.59 Å². The van der Waals surface area contributed by atoms with E-state index in [4.69, 9.17) is 14.2 Å². The molecular formula is C9H12O5S. The number of thioether (sulfide) groups is 1. The average Bonchev–Trinajstić information content (AvgIpc) is 2.97. The highest BCUT2D eigenvalue weighted by molar-refractivity contribution is 7.99. The van der Waals surface area contributed by atoms with E-state index in [-0.39, 0.29) is 0 Å². The minimum Gasteiger partial charge on any atom is -0.448 e. The molecule has 2 aliphatic heterocycles. The predicted octanol–water partition coefficient (Wildman–Crippen LogP) is -0.0245. The molecule has 0 N–H and O–H groups in total. The van der Waals surface area contributed by atoms with Crippen LogP contribution in [0.15, 0.2) is 0 Å². The first-order chi connectivity index (χ1) is 7.16. The lowest BCUT2D eigenvalue weighted by atomic mass is 10.3. The molecule has 3 atom stereocenters. The molecule has 0 radical (unpaired) electrons. The van der Waals surface area contributed by atoms with E-state index in [0.717, 1.165) is 12.4 Å². The summed E-state index contributed by atoms with van der Waals surface area (Å²) < 4.78 is 14.8. The molecule has 15 heavy (non-hydrogen) atoms. The predicted molar refractivity (Wildman–Crippen MR) is 52.5 cm³/mol. The summed E-state index contributed by atoms with van der Waals surface area (Å²) >= 11 is 1.53. The average molecular weight is 232 g/mol. The molecule has 2 fully saturated rings. The molecule has 3 unspecified atom stereocenters. The molecule has 2 aliphatic rings. The minimum atomic E-state index is -0.773. The van der Waals surface area contributed by atoms with Crippen molar-refractivity contribution in [2.24, 2.45) is 0 Å². The van der Waals surface area contributed by atoms with E-state index in [1.165, 1.54) is 18.7 Å². The van der Waals surface area contributed by atoms with Crippen LogP contribution in [-0.4, -0.2) is 48.4 Å². The molecule has 0 aromatic heterocycles. The molecule has 0 aromatic rings. The molecule has 84 valence electrons. The van der Waals surface area contributed by atoms with Crippen LogP contribution >= 0.6 is 11.8 Å². The van der Waals surface area contributed by atoms with Crippen LogP contribution in [0.25, 0.3) is 0 Å². The van der Waals surface area contributed by atoms with Gasteiger partial charge in [-0.05, 0) is 6.92 Å². The maximum Gasteiger partial charge on any atom is 0.349 e. The van der Waals surface area contributed by atoms with Gasteiger partial charge in [-0.2, -0.15) is 11.8 Å². The number of hydrogen-bond acceptors (Lipinski definition) is 6. The standard InChI is InChI=1S/C9H12O5S/c1-5-8(10)14-7(9(11)13-5)4-15-3-6-2-12-6/h5-7H,2-4H2,1H3. The summed E-state index contributed by atoms with van der Waals surface area (Å²) in [4.78, 5) is 22.4. The molecular weight excluding hydrogens is 220 g/mol. The van der Waals surface area contributed by atoms with Crippen LogP contribution in [0.3, 0.4) is 0 Å². The van der Waals surface area contributed by atoms with Gasteiger partial charge in [0.25, 0.3) is 0 Å². The molecule has 6 heteroatoms. The van der Waals surface area contributed by atoms with Gasteiger partial charge in [0.15, 0.2) is 6.10 Å². The zero-order valence-electron chi connectivity index (χ0n) is 8.30. The Balaban J connectivity index is 1.74. The highest BCUT2D eigenvalue weighted by Gasteiger charge is 2.35. The molecule has 0 aliphatic carbocycles. The second-order valence-corrected chi connectivity index (χ2v) is 4.57. The molecule has 0 spiro atoms. The summed E-state index contributed by atoms with van der Waals surface area (Å²) in [5, 5.41) is 0. The highest BCUT2D eigenvalue weighted by Crippen LogP contribution is 2.19. The van der Waals surface area contributed by atoms with Crippen molar-refractivity contribution in [3.8, 4) is 0 Å². The van der Waals surface area contributed by atoms with E-state index >= 15 is 0 Å². The number of epoxide rings is 1. The maximum absolute atomic E-state index is 11.3. The van der Waals surface area contributed by atoms with E-state index in [1.807, 2.05) is 0 Å². The Hall–Kier alpha value is -0.750. The van der Waals surface area contributed by atoms with Gasteiger partial charge in [0, 0.05) is 11.5 Å². The van der Waals surface area contributed by atoms with Gasteiger partial charge in [0.2, 0.25) is 6.10 Å². The fourth-order valence-electron chi connectivity index (χ4n) is 1.16. The Bertz CT molecular complexity index is 276. The molecule has 2 rings (SSSR count). The molecule has 0 amide bonds. The Morgan fingerprint density at radius 1 is 1.27 bits per heavy atom. The largest absolute Gasteiger partial charge is 0.448 e. The first kappa shape index (κ1) is 10.8. The van der Waals surface area contributed by atoms with Crippen molar-refractivity contribution >= 4 is 23.7 Å². The number of rotatable bonds is 4. The van der Waals surface area contributed by atoms with Crippen LogP contribution in [0, 0.1) is 0 Å². The molecule has 0 aromatic carbocycles. The summed E-state index contributed by atoms with van der Waals surface area (Å²) in [6.07, 6.45) is -1.22. The third-order valence-corrected chi connectivity index (χ3v) is 3.27. The quantitative estimate of drug-likeness (QED) is 0.501. The number of ether oxygens (including phenoxy) is 3. The van der Waals surface area contributed by atoms with Gasteiger partial charge >= 0.3 is 11.9 Å². The van der Waals surface area contributed by atoms with Crippen molar-refractivity contribution in [2.75, 3.05) is 18.1 Å². The van der Waals surface area contributed by atoms with Crippen LogP contribution in [0.5, 0.6) is 0 Å². The summed E-state index contributed by atoms with van der Waals surface area (Å²) in [7, 11) is 0. The second kappa shape index (κ2) is 4.40. The normalized spacial score (nSPS) is 34.6. The third-order valence-electron chi connectivity index (χ3n) is 2.12. The molecule has 2 saturated heterocycles. The van der Waals surface area contributed by atoms with E-state index < -0.39 is 24.1 Å². The van der Waals surface area contributed by atoms with Crippen molar-refractivity contribution in [1.29, 1.82) is 0 Å². The smallest absolute Gasteiger partial charge is 0.349 e. The first-order valence-corrected chi connectivity index (χ1v) is 5.92. The number of carbonyl (C=O) groups excluding carboxylic acids is 2. The summed E-state index contributed by atoms with van der Waals surface area (Å²) in [6, 6.07) is 0. The molecule has 0 bridgehead atoms. The van der Waals surface area contributed by atoms with Gasteiger partial charge in [-0.15, -0.1) is 0 Å². The van der Waals surface area contributed by atoms with Gasteiger partial charge in [0.1, 0.15) is 0 Å². The van der Waals surface area contributed by atoms with E-state index in [9.17, 15) is 9.59 Å². The Kier molecular flexibility index (Phi) is 3.16. The summed E-state index contributed by atoms with van der Waals surface area (Å²) in [5.41, 5.74) is 0. The van der Waals surface area contributed by atoms with E-state index in [1.54, 1.807) is 0 Å². The maximum atomic E-state index is 11.3. The zero-order valence-corrected chi connectivity index (χ0v) is 9.12. The molecule has 2 heterocycles. The molecule has 5 nitrogen and oxygen atoms in total. The van der Waals surface area contributed by atoms with Gasteiger partial charge in [0.05, 0.1) is 12.7 Å². The van der Waals surface area contributed by atoms with Gasteiger partial charge in [-0.1, -0.05) is 0 Å². The van der Waals surface area contributed by atoms with Crippen LogP contribution in [0.1, 0.15) is 6.92 Å². The van der Waals surface area contributed by atoms with Crippen molar-refractivity contribution in [2.45, 2.75) is 25.2 Å². The summed E-state index contributed by atoms with van der Waals surface area (Å²) in [6.45, 7) is 2.29. The fourth-order valence-corrected chi connectivity index (χ4v) is 2.16. The third kappa shape index (κ3) is 2.85. The van der Waals surface area contributed by atoms with Crippen molar-refractivity contribution in [3.05, 3.63) is 0 Å². The number of cyclic esters (lactones) is 2. The number of esters is 2. The number of hydrogen-bond donors (Lipinski definition) is 0. The van der Waals surface area contributed by atoms with Crippen LogP contribution in [0.2, 0.25) is 0 Å². The highest BCUT2D eigenvalue weighted by atomic mass is 32.2. The topological polar surface area (TPSA) is 65.1 Å². The molecule has 0 saturated carbocycles. The Labute approximate surface area is 91.4 Å². The lowest BCUT2D eigenvalue weighted by molar-refractivity contribution is -0.191. The monoisotopic (exact) mass is 232 g/mol. The van der Waals surface area contributed by atoms with Crippen molar-refractivity contribution in [1.82, 2.24) is 0 Å². The van der Waals surface area contributed by atoms with Gasteiger partial charge in [-0.3, -0.25) is 0 Å². The summed E-state index contributed by atoms with van der Waals surface area (Å²) in [5.74, 6) is 0.350. The Morgan fingerprint density at radius 2 is 2.00 bits per heavy atom. The Morgan fingerprint density at radius 3 is 2.67 bits per heavy atom. The number of carbonyl (C=O) groups is 2. The second-order valence-electron chi connectivity index (χ2n) is 3.50. The van der Waals surface area contributed by atoms with Crippen molar-refractivity contribution < 1.29 is 23.8 Å². The van der Waals surface area contributed by atoms with E-state index in [2.05, 4.69) is 0 Å². The van der Waals surface area contributed by atoms with Gasteiger partial charge < -0.3 is 14.2 Å². The first-order valence-electron chi connectivity index (χ1n) is 4.77. The lowest BCUT2D eigenvalue weighted by Gasteiger charge is -2.24. The minimum absolute atomic E-state index is 0.309. The SMILES string of the molecule is CC1OC(=O)C(CSCC2CO2)OC1=O. The fraction of sp³-hybridized carbons (Fsp3) is 0.778. The van der Waals surface area contributed by atoms with E-state index in [0.29, 0.717) is 11.9 Å². The van der Waals surface area contributed by atoms with Crippen LogP contribution < -0.4 is 0 Å².